The molecule has 1 saturated heterocycles. The van der Waals surface area contributed by atoms with Crippen LogP contribution in [-0.2, 0) is 9.47 Å². The fourth-order valence-corrected chi connectivity index (χ4v) is 1.35. The van der Waals surface area contributed by atoms with Gasteiger partial charge in [-0.05, 0) is 12.8 Å². The average molecular weight is 218 g/mol. The Morgan fingerprint density at radius 3 is 2.73 bits per heavy atom. The smallest absolute Gasteiger partial charge is 0.186 e. The molecule has 0 aromatic rings. The van der Waals surface area contributed by atoms with Gasteiger partial charge in [0.15, 0.2) is 6.29 Å². The van der Waals surface area contributed by atoms with Crippen molar-refractivity contribution < 1.29 is 24.8 Å². The maximum Gasteiger partial charge on any atom is 0.186 e. The van der Waals surface area contributed by atoms with Gasteiger partial charge in [-0.3, -0.25) is 0 Å². The van der Waals surface area contributed by atoms with Crippen molar-refractivity contribution in [3.63, 3.8) is 0 Å². The Morgan fingerprint density at radius 1 is 1.33 bits per heavy atom. The van der Waals surface area contributed by atoms with Crippen molar-refractivity contribution >= 4 is 0 Å². The lowest BCUT2D eigenvalue weighted by molar-refractivity contribution is -0.269. The van der Waals surface area contributed by atoms with Crippen molar-refractivity contribution in [2.24, 2.45) is 0 Å². The molecule has 88 valence electrons. The van der Waals surface area contributed by atoms with E-state index in [1.54, 1.807) is 6.08 Å². The van der Waals surface area contributed by atoms with Gasteiger partial charge in [0, 0.05) is 0 Å². The minimum Gasteiger partial charge on any atom is -0.388 e. The molecule has 0 bridgehead atoms. The van der Waals surface area contributed by atoms with Gasteiger partial charge in [-0.25, -0.2) is 0 Å². The summed E-state index contributed by atoms with van der Waals surface area (Å²) in [5, 5.41) is 28.0. The minimum atomic E-state index is -1.21. The standard InChI is InChI=1S/C10H18O5/c1-2-3-4-5-14-10-9(13)8(12)7(11)6-15-10/h2,7-13H,1,3-6H2/t7-,8+,9-,10+/m1/s1. The van der Waals surface area contributed by atoms with E-state index in [1.165, 1.54) is 0 Å². The third kappa shape index (κ3) is 3.55. The predicted octanol–water partition coefficient (Wildman–Crippen LogP) is -0.592. The van der Waals surface area contributed by atoms with Gasteiger partial charge in [0.25, 0.3) is 0 Å². The molecule has 1 aliphatic heterocycles. The Bertz CT molecular complexity index is 196. The lowest BCUT2D eigenvalue weighted by Gasteiger charge is -2.34. The molecule has 1 rings (SSSR count). The fourth-order valence-electron chi connectivity index (χ4n) is 1.35. The highest BCUT2D eigenvalue weighted by molar-refractivity contribution is 4.82. The van der Waals surface area contributed by atoms with Gasteiger partial charge >= 0.3 is 0 Å². The van der Waals surface area contributed by atoms with E-state index in [0.29, 0.717) is 6.61 Å². The number of aliphatic hydroxyl groups is 3. The van der Waals surface area contributed by atoms with Gasteiger partial charge in [0.2, 0.25) is 0 Å². The van der Waals surface area contributed by atoms with Crippen molar-refractivity contribution in [3.05, 3.63) is 12.7 Å². The van der Waals surface area contributed by atoms with E-state index >= 15 is 0 Å². The van der Waals surface area contributed by atoms with Crippen LogP contribution in [0.3, 0.4) is 0 Å². The molecule has 15 heavy (non-hydrogen) atoms. The maximum atomic E-state index is 9.48. The number of hydrogen-bond donors (Lipinski definition) is 3. The summed E-state index contributed by atoms with van der Waals surface area (Å²) in [5.41, 5.74) is 0. The molecule has 1 aliphatic rings. The Hall–Kier alpha value is -0.460. The number of allylic oxidation sites excluding steroid dienone is 1. The SMILES string of the molecule is C=CCCCO[C@H]1OC[C@@H](O)[C@H](O)[C@H]1O. The molecule has 0 aromatic heterocycles. The molecule has 0 radical (unpaired) electrons. The number of rotatable bonds is 5. The summed E-state index contributed by atoms with van der Waals surface area (Å²) in [4.78, 5) is 0. The average Bonchev–Trinajstić information content (AvgIpc) is 2.24. The lowest BCUT2D eigenvalue weighted by atomic mass is 10.1. The van der Waals surface area contributed by atoms with Crippen LogP contribution in [0.5, 0.6) is 0 Å². The Labute approximate surface area is 88.9 Å². The molecule has 0 aromatic carbocycles. The van der Waals surface area contributed by atoms with E-state index in [2.05, 4.69) is 6.58 Å². The lowest BCUT2D eigenvalue weighted by Crippen LogP contribution is -2.53. The molecule has 1 fully saturated rings. The van der Waals surface area contributed by atoms with Crippen LogP contribution in [0.4, 0.5) is 0 Å². The highest BCUT2D eigenvalue weighted by atomic mass is 16.7. The zero-order valence-electron chi connectivity index (χ0n) is 8.58. The van der Waals surface area contributed by atoms with Crippen molar-refractivity contribution in [1.82, 2.24) is 0 Å². The molecular weight excluding hydrogens is 200 g/mol. The molecule has 0 spiro atoms. The number of aliphatic hydroxyl groups excluding tert-OH is 3. The predicted molar refractivity (Wildman–Crippen MR) is 53.1 cm³/mol. The van der Waals surface area contributed by atoms with E-state index in [4.69, 9.17) is 9.47 Å². The van der Waals surface area contributed by atoms with Crippen LogP contribution in [0.1, 0.15) is 12.8 Å². The monoisotopic (exact) mass is 218 g/mol. The Balaban J connectivity index is 2.26. The molecular formula is C10H18O5. The molecule has 3 N–H and O–H groups in total. The van der Waals surface area contributed by atoms with E-state index in [0.717, 1.165) is 12.8 Å². The maximum absolute atomic E-state index is 9.48. The molecule has 5 nitrogen and oxygen atoms in total. The molecule has 0 unspecified atom stereocenters. The molecule has 1 heterocycles. The van der Waals surface area contributed by atoms with Crippen LogP contribution >= 0.6 is 0 Å². The minimum absolute atomic E-state index is 0.0235. The summed E-state index contributed by atoms with van der Waals surface area (Å²) in [6.07, 6.45) is -0.912. The van der Waals surface area contributed by atoms with Crippen LogP contribution in [0.15, 0.2) is 12.7 Å². The summed E-state index contributed by atoms with van der Waals surface area (Å²) in [6, 6.07) is 0. The fraction of sp³-hybridized carbons (Fsp3) is 0.800. The van der Waals surface area contributed by atoms with E-state index in [9.17, 15) is 15.3 Å². The zero-order valence-corrected chi connectivity index (χ0v) is 8.58. The summed E-state index contributed by atoms with van der Waals surface area (Å²) >= 11 is 0. The summed E-state index contributed by atoms with van der Waals surface area (Å²) < 4.78 is 10.3. The van der Waals surface area contributed by atoms with E-state index in [1.807, 2.05) is 0 Å². The first-order valence-corrected chi connectivity index (χ1v) is 5.05. The number of unbranched alkanes of at least 4 members (excludes halogenated alkanes) is 1. The molecule has 4 atom stereocenters. The highest BCUT2D eigenvalue weighted by Crippen LogP contribution is 2.16. The van der Waals surface area contributed by atoms with Crippen LogP contribution in [-0.4, -0.2) is 53.1 Å². The second-order valence-electron chi connectivity index (χ2n) is 3.55. The first kappa shape index (κ1) is 12.6. The van der Waals surface area contributed by atoms with Crippen molar-refractivity contribution in [2.75, 3.05) is 13.2 Å². The summed E-state index contributed by atoms with van der Waals surface area (Å²) in [7, 11) is 0. The van der Waals surface area contributed by atoms with Gasteiger partial charge in [-0.15, -0.1) is 6.58 Å². The van der Waals surface area contributed by atoms with Gasteiger partial charge < -0.3 is 24.8 Å². The first-order valence-electron chi connectivity index (χ1n) is 5.05. The van der Waals surface area contributed by atoms with E-state index < -0.39 is 24.6 Å². The van der Waals surface area contributed by atoms with Crippen LogP contribution in [0.2, 0.25) is 0 Å². The summed E-state index contributed by atoms with van der Waals surface area (Å²) in [6.45, 7) is 3.98. The van der Waals surface area contributed by atoms with Gasteiger partial charge in [-0.1, -0.05) is 6.08 Å². The largest absolute Gasteiger partial charge is 0.388 e. The van der Waals surface area contributed by atoms with Crippen molar-refractivity contribution in [1.29, 1.82) is 0 Å². The Kier molecular flexibility index (Phi) is 5.21. The third-order valence-electron chi connectivity index (χ3n) is 2.29. The second-order valence-corrected chi connectivity index (χ2v) is 3.55. The third-order valence-corrected chi connectivity index (χ3v) is 2.29. The Morgan fingerprint density at radius 2 is 2.07 bits per heavy atom. The quantitative estimate of drug-likeness (QED) is 0.424. The molecule has 0 aliphatic carbocycles. The number of ether oxygens (including phenoxy) is 2. The van der Waals surface area contributed by atoms with Crippen molar-refractivity contribution in [3.8, 4) is 0 Å². The molecule has 5 heteroatoms. The zero-order chi connectivity index (χ0) is 11.3. The first-order chi connectivity index (χ1) is 7.16. The normalized spacial score (nSPS) is 36.5. The van der Waals surface area contributed by atoms with Crippen molar-refractivity contribution in [2.45, 2.75) is 37.4 Å². The molecule has 0 amide bonds. The van der Waals surface area contributed by atoms with Gasteiger partial charge in [-0.2, -0.15) is 0 Å². The van der Waals surface area contributed by atoms with Crippen LogP contribution in [0.25, 0.3) is 0 Å². The molecule has 0 saturated carbocycles. The topological polar surface area (TPSA) is 79.2 Å². The highest BCUT2D eigenvalue weighted by Gasteiger charge is 2.37. The van der Waals surface area contributed by atoms with E-state index in [-0.39, 0.29) is 6.61 Å². The second kappa shape index (κ2) is 6.19. The van der Waals surface area contributed by atoms with Gasteiger partial charge in [0.05, 0.1) is 13.2 Å². The summed E-state index contributed by atoms with van der Waals surface area (Å²) in [5.74, 6) is 0. The van der Waals surface area contributed by atoms with Crippen LogP contribution in [0, 0.1) is 0 Å². The van der Waals surface area contributed by atoms with Crippen LogP contribution < -0.4 is 0 Å². The van der Waals surface area contributed by atoms with Gasteiger partial charge in [0.1, 0.15) is 18.3 Å². The number of hydrogen-bond acceptors (Lipinski definition) is 5.